The number of thiazole rings is 1. The Hall–Kier alpha value is -1.91. The molecule has 0 radical (unpaired) electrons. The van der Waals surface area contributed by atoms with Crippen LogP contribution in [0.4, 0.5) is 4.39 Å². The summed E-state index contributed by atoms with van der Waals surface area (Å²) in [6, 6.07) is 6.25. The van der Waals surface area contributed by atoms with Crippen LogP contribution in [0.1, 0.15) is 21.7 Å². The summed E-state index contributed by atoms with van der Waals surface area (Å²) in [5.74, 6) is -0.922. The van der Waals surface area contributed by atoms with Crippen molar-refractivity contribution in [3.8, 4) is 6.07 Å². The Kier molecular flexibility index (Phi) is 4.94. The van der Waals surface area contributed by atoms with Crippen molar-refractivity contribution in [1.82, 2.24) is 4.98 Å². The Balaban J connectivity index is 2.07. The summed E-state index contributed by atoms with van der Waals surface area (Å²) >= 11 is 2.67. The number of aliphatic carboxylic acids is 1. The fourth-order valence-corrected chi connectivity index (χ4v) is 3.85. The molecule has 1 aromatic carbocycles. The highest BCUT2D eigenvalue weighted by Gasteiger charge is 2.12. The molecule has 0 unspecified atom stereocenters. The van der Waals surface area contributed by atoms with Gasteiger partial charge in [-0.05, 0) is 24.6 Å². The number of hydrogen-bond acceptors (Lipinski definition) is 5. The zero-order valence-corrected chi connectivity index (χ0v) is 12.7. The van der Waals surface area contributed by atoms with Crippen LogP contribution in [0, 0.1) is 24.1 Å². The van der Waals surface area contributed by atoms with Gasteiger partial charge in [0.05, 0.1) is 23.7 Å². The van der Waals surface area contributed by atoms with Crippen LogP contribution in [-0.4, -0.2) is 16.1 Å². The normalized spacial score (nSPS) is 10.3. The third-order valence-corrected chi connectivity index (χ3v) is 5.07. The molecule has 21 heavy (non-hydrogen) atoms. The van der Waals surface area contributed by atoms with Crippen molar-refractivity contribution in [1.29, 1.82) is 5.26 Å². The second-order valence-electron chi connectivity index (χ2n) is 4.27. The number of carboxylic acid groups (broad SMARTS) is 1. The lowest BCUT2D eigenvalue weighted by atomic mass is 10.1. The minimum absolute atomic E-state index is 0.0463. The number of aryl methyl sites for hydroxylation is 1. The summed E-state index contributed by atoms with van der Waals surface area (Å²) in [4.78, 5) is 15.7. The predicted octanol–water partition coefficient (Wildman–Crippen LogP) is 3.38. The average Bonchev–Trinajstić information content (AvgIpc) is 2.77. The Morgan fingerprint density at radius 3 is 2.95 bits per heavy atom. The van der Waals surface area contributed by atoms with Gasteiger partial charge in [-0.25, -0.2) is 9.37 Å². The van der Waals surface area contributed by atoms with E-state index in [-0.39, 0.29) is 12.0 Å². The third kappa shape index (κ3) is 4.03. The molecule has 0 saturated carbocycles. The molecular formula is C14H11FN2O2S2. The molecule has 0 saturated heterocycles. The topological polar surface area (TPSA) is 74.0 Å². The van der Waals surface area contributed by atoms with Crippen LogP contribution in [0.5, 0.6) is 0 Å². The van der Waals surface area contributed by atoms with Crippen molar-refractivity contribution >= 4 is 29.1 Å². The fraction of sp³-hybridized carbons (Fsp3) is 0.214. The number of halogens is 1. The monoisotopic (exact) mass is 322 g/mol. The van der Waals surface area contributed by atoms with Crippen molar-refractivity contribution < 1.29 is 14.3 Å². The van der Waals surface area contributed by atoms with E-state index in [0.717, 1.165) is 0 Å². The van der Waals surface area contributed by atoms with Gasteiger partial charge in [-0.15, -0.1) is 11.3 Å². The molecule has 2 aromatic rings. The number of thioether (sulfide) groups is 1. The first-order valence-corrected chi connectivity index (χ1v) is 7.79. The summed E-state index contributed by atoms with van der Waals surface area (Å²) in [5, 5.41) is 17.5. The molecule has 0 aliphatic rings. The molecule has 1 heterocycles. The number of nitriles is 1. The van der Waals surface area contributed by atoms with Gasteiger partial charge in [0.15, 0.2) is 4.34 Å². The molecule has 4 nitrogen and oxygen atoms in total. The quantitative estimate of drug-likeness (QED) is 0.854. The molecule has 108 valence electrons. The molecule has 2 rings (SSSR count). The van der Waals surface area contributed by atoms with E-state index in [0.29, 0.717) is 26.2 Å². The maximum absolute atomic E-state index is 13.7. The highest BCUT2D eigenvalue weighted by atomic mass is 32.2. The third-order valence-electron chi connectivity index (χ3n) is 2.72. The fourth-order valence-electron chi connectivity index (χ4n) is 1.64. The average molecular weight is 322 g/mol. The lowest BCUT2D eigenvalue weighted by Gasteiger charge is -2.01. The van der Waals surface area contributed by atoms with E-state index in [1.165, 1.54) is 29.2 Å². The van der Waals surface area contributed by atoms with E-state index in [9.17, 15) is 9.18 Å². The molecule has 7 heteroatoms. The Labute approximate surface area is 129 Å². The van der Waals surface area contributed by atoms with E-state index in [4.69, 9.17) is 10.4 Å². The number of hydrogen-bond donors (Lipinski definition) is 1. The first-order valence-electron chi connectivity index (χ1n) is 5.99. The summed E-state index contributed by atoms with van der Waals surface area (Å²) in [6.07, 6.45) is -0.0463. The second-order valence-corrected chi connectivity index (χ2v) is 6.57. The maximum Gasteiger partial charge on any atom is 0.308 e. The van der Waals surface area contributed by atoms with E-state index >= 15 is 0 Å². The minimum atomic E-state index is -0.892. The zero-order valence-electron chi connectivity index (χ0n) is 11.1. The standard InChI is InChI=1S/C14H11FN2O2S2/c1-8-12(5-13(18)19)21-14(17-8)20-7-10-3-2-9(6-16)4-11(10)15/h2-4H,5,7H2,1H3,(H,18,19). The van der Waals surface area contributed by atoms with Crippen LogP contribution in [0.15, 0.2) is 22.5 Å². The molecule has 0 aliphatic carbocycles. The van der Waals surface area contributed by atoms with Crippen molar-refractivity contribution in [2.75, 3.05) is 0 Å². The number of aromatic nitrogens is 1. The number of rotatable bonds is 5. The van der Waals surface area contributed by atoms with E-state index < -0.39 is 11.8 Å². The van der Waals surface area contributed by atoms with Gasteiger partial charge in [0.25, 0.3) is 0 Å². The zero-order chi connectivity index (χ0) is 15.4. The first-order chi connectivity index (χ1) is 9.99. The number of carboxylic acids is 1. The van der Waals surface area contributed by atoms with Gasteiger partial charge < -0.3 is 5.11 Å². The van der Waals surface area contributed by atoms with Crippen LogP contribution in [0.3, 0.4) is 0 Å². The largest absolute Gasteiger partial charge is 0.481 e. The Bertz CT molecular complexity index is 722. The molecular weight excluding hydrogens is 311 g/mol. The second kappa shape index (κ2) is 6.70. The highest BCUT2D eigenvalue weighted by molar-refractivity contribution is 8.00. The summed E-state index contributed by atoms with van der Waals surface area (Å²) in [6.45, 7) is 1.77. The smallest absolute Gasteiger partial charge is 0.308 e. The molecule has 0 spiro atoms. The van der Waals surface area contributed by atoms with E-state index in [1.54, 1.807) is 19.1 Å². The Morgan fingerprint density at radius 2 is 2.33 bits per heavy atom. The lowest BCUT2D eigenvalue weighted by molar-refractivity contribution is -0.136. The van der Waals surface area contributed by atoms with Gasteiger partial charge in [-0.1, -0.05) is 17.8 Å². The van der Waals surface area contributed by atoms with E-state index in [2.05, 4.69) is 4.98 Å². The number of nitrogens with zero attached hydrogens (tertiary/aromatic N) is 2. The van der Waals surface area contributed by atoms with Gasteiger partial charge >= 0.3 is 5.97 Å². The van der Waals surface area contributed by atoms with Crippen molar-refractivity contribution in [3.05, 3.63) is 45.7 Å². The first kappa shape index (κ1) is 15.5. The van der Waals surface area contributed by atoms with Gasteiger partial charge in [0, 0.05) is 10.6 Å². The van der Waals surface area contributed by atoms with Crippen LogP contribution in [0.2, 0.25) is 0 Å². The van der Waals surface area contributed by atoms with Crippen molar-refractivity contribution in [3.63, 3.8) is 0 Å². The van der Waals surface area contributed by atoms with Gasteiger partial charge in [-0.2, -0.15) is 5.26 Å². The van der Waals surface area contributed by atoms with Crippen LogP contribution in [0.25, 0.3) is 0 Å². The molecule has 0 aliphatic heterocycles. The summed E-state index contributed by atoms with van der Waals surface area (Å²) in [7, 11) is 0. The summed E-state index contributed by atoms with van der Waals surface area (Å²) in [5.41, 5.74) is 1.48. The van der Waals surface area contributed by atoms with Crippen LogP contribution >= 0.6 is 23.1 Å². The molecule has 0 bridgehead atoms. The number of carbonyl (C=O) groups is 1. The van der Waals surface area contributed by atoms with Crippen molar-refractivity contribution in [2.24, 2.45) is 0 Å². The predicted molar refractivity (Wildman–Crippen MR) is 78.9 cm³/mol. The lowest BCUT2D eigenvalue weighted by Crippen LogP contribution is -1.99. The number of benzene rings is 1. The van der Waals surface area contributed by atoms with E-state index in [1.807, 2.05) is 6.07 Å². The Morgan fingerprint density at radius 1 is 1.57 bits per heavy atom. The molecule has 0 amide bonds. The summed E-state index contributed by atoms with van der Waals surface area (Å²) < 4.78 is 14.5. The SMILES string of the molecule is Cc1nc(SCc2ccc(C#N)cc2F)sc1CC(=O)O. The maximum atomic E-state index is 13.7. The molecule has 0 fully saturated rings. The van der Waals surface area contributed by atoms with Gasteiger partial charge in [-0.3, -0.25) is 4.79 Å². The van der Waals surface area contributed by atoms with Crippen LogP contribution in [-0.2, 0) is 17.0 Å². The molecule has 1 aromatic heterocycles. The molecule has 0 atom stereocenters. The molecule has 1 N–H and O–H groups in total. The minimum Gasteiger partial charge on any atom is -0.481 e. The highest BCUT2D eigenvalue weighted by Crippen LogP contribution is 2.30. The van der Waals surface area contributed by atoms with Crippen LogP contribution < -0.4 is 0 Å². The van der Waals surface area contributed by atoms with Gasteiger partial charge in [0.2, 0.25) is 0 Å². The van der Waals surface area contributed by atoms with Gasteiger partial charge in [0.1, 0.15) is 5.82 Å². The van der Waals surface area contributed by atoms with Crippen molar-refractivity contribution in [2.45, 2.75) is 23.4 Å².